The minimum absolute atomic E-state index is 0.618. The van der Waals surface area contributed by atoms with Crippen LogP contribution in [0, 0.1) is 0 Å². The molecule has 0 fully saturated rings. The highest BCUT2D eigenvalue weighted by atomic mass is 14.7. The van der Waals surface area contributed by atoms with Gasteiger partial charge < -0.3 is 5.73 Å². The van der Waals surface area contributed by atoms with Gasteiger partial charge in [-0.2, -0.15) is 0 Å². The van der Waals surface area contributed by atoms with Crippen LogP contribution in [-0.4, -0.2) is 11.5 Å². The van der Waals surface area contributed by atoms with E-state index in [0.717, 1.165) is 28.6 Å². The Morgan fingerprint density at radius 2 is 2.00 bits per heavy atom. The number of nitrogens with two attached hydrogens (primary N) is 1. The van der Waals surface area contributed by atoms with Crippen molar-refractivity contribution in [1.82, 2.24) is 4.98 Å². The van der Waals surface area contributed by atoms with Crippen molar-refractivity contribution in [2.24, 2.45) is 5.73 Å². The number of hydrogen-bond donors (Lipinski definition) is 1. The minimum Gasteiger partial charge on any atom is -0.330 e. The highest BCUT2D eigenvalue weighted by Gasteiger charge is 2.00. The molecule has 0 amide bonds. The summed E-state index contributed by atoms with van der Waals surface area (Å²) in [6, 6.07) is 12.1. The molecule has 0 radical (unpaired) electrons. The molecule has 0 aliphatic carbocycles. The Bertz CT molecular complexity index is 489. The van der Waals surface area contributed by atoms with Gasteiger partial charge in [0.05, 0.1) is 11.2 Å². The molecule has 15 heavy (non-hydrogen) atoms. The zero-order valence-corrected chi connectivity index (χ0v) is 8.61. The third-order valence-electron chi connectivity index (χ3n) is 2.41. The molecule has 0 bridgehead atoms. The number of para-hydroxylation sites is 1. The SMILES string of the molecule is C=C(CCN)c1ccc2ccccc2n1. The van der Waals surface area contributed by atoms with Crippen LogP contribution in [0.15, 0.2) is 43.0 Å². The summed E-state index contributed by atoms with van der Waals surface area (Å²) in [5.41, 5.74) is 8.45. The summed E-state index contributed by atoms with van der Waals surface area (Å²) in [4.78, 5) is 4.54. The monoisotopic (exact) mass is 198 g/mol. The lowest BCUT2D eigenvalue weighted by molar-refractivity contribution is 1.02. The zero-order chi connectivity index (χ0) is 10.7. The number of nitrogens with zero attached hydrogens (tertiary/aromatic N) is 1. The van der Waals surface area contributed by atoms with Crippen LogP contribution in [-0.2, 0) is 0 Å². The number of pyridine rings is 1. The van der Waals surface area contributed by atoms with Crippen LogP contribution in [0.1, 0.15) is 12.1 Å². The largest absolute Gasteiger partial charge is 0.330 e. The van der Waals surface area contributed by atoms with Crippen LogP contribution in [0.25, 0.3) is 16.5 Å². The maximum atomic E-state index is 5.49. The first-order valence-corrected chi connectivity index (χ1v) is 5.05. The van der Waals surface area contributed by atoms with Crippen LogP contribution in [0.2, 0.25) is 0 Å². The molecule has 0 aliphatic heterocycles. The second kappa shape index (κ2) is 4.24. The number of benzene rings is 1. The molecule has 0 spiro atoms. The number of rotatable bonds is 3. The Morgan fingerprint density at radius 3 is 2.80 bits per heavy atom. The van der Waals surface area contributed by atoms with E-state index in [2.05, 4.69) is 23.7 Å². The predicted molar refractivity (Wildman–Crippen MR) is 64.4 cm³/mol. The van der Waals surface area contributed by atoms with Gasteiger partial charge in [0.1, 0.15) is 0 Å². The number of fused-ring (bicyclic) bond motifs is 1. The zero-order valence-electron chi connectivity index (χ0n) is 8.61. The molecule has 2 heteroatoms. The van der Waals surface area contributed by atoms with Crippen LogP contribution in [0.3, 0.4) is 0 Å². The van der Waals surface area contributed by atoms with Crippen LogP contribution >= 0.6 is 0 Å². The van der Waals surface area contributed by atoms with Crippen molar-refractivity contribution < 1.29 is 0 Å². The van der Waals surface area contributed by atoms with Gasteiger partial charge in [-0.3, -0.25) is 0 Å². The van der Waals surface area contributed by atoms with E-state index in [1.165, 1.54) is 0 Å². The van der Waals surface area contributed by atoms with Gasteiger partial charge in [0, 0.05) is 5.39 Å². The van der Waals surface area contributed by atoms with Gasteiger partial charge in [-0.1, -0.05) is 30.8 Å². The molecule has 0 atom stereocenters. The van der Waals surface area contributed by atoms with E-state index >= 15 is 0 Å². The molecule has 1 heterocycles. The lowest BCUT2D eigenvalue weighted by Crippen LogP contribution is -2.00. The lowest BCUT2D eigenvalue weighted by Gasteiger charge is -2.04. The molecule has 76 valence electrons. The van der Waals surface area contributed by atoms with Crippen molar-refractivity contribution in [2.75, 3.05) is 6.54 Å². The summed E-state index contributed by atoms with van der Waals surface area (Å²) in [5, 5.41) is 1.15. The Balaban J connectivity index is 2.42. The molecule has 0 saturated heterocycles. The molecule has 1 aromatic heterocycles. The fourth-order valence-electron chi connectivity index (χ4n) is 1.57. The molecule has 0 saturated carbocycles. The van der Waals surface area contributed by atoms with E-state index < -0.39 is 0 Å². The summed E-state index contributed by atoms with van der Waals surface area (Å²) in [7, 11) is 0. The van der Waals surface area contributed by atoms with Crippen LogP contribution in [0.4, 0.5) is 0 Å². The fraction of sp³-hybridized carbons (Fsp3) is 0.154. The fourth-order valence-corrected chi connectivity index (χ4v) is 1.57. The first-order chi connectivity index (χ1) is 7.31. The summed E-state index contributed by atoms with van der Waals surface area (Å²) < 4.78 is 0. The van der Waals surface area contributed by atoms with E-state index in [1.807, 2.05) is 24.3 Å². The maximum absolute atomic E-state index is 5.49. The van der Waals surface area contributed by atoms with Crippen LogP contribution in [0.5, 0.6) is 0 Å². The molecule has 2 rings (SSSR count). The standard InChI is InChI=1S/C13H14N2/c1-10(8-9-14)12-7-6-11-4-2-3-5-13(11)15-12/h2-7H,1,8-9,14H2. The van der Waals surface area contributed by atoms with Gasteiger partial charge in [-0.05, 0) is 30.7 Å². The van der Waals surface area contributed by atoms with Crippen LogP contribution < -0.4 is 5.73 Å². The van der Waals surface area contributed by atoms with Gasteiger partial charge in [-0.25, -0.2) is 4.98 Å². The number of aromatic nitrogens is 1. The van der Waals surface area contributed by atoms with Gasteiger partial charge >= 0.3 is 0 Å². The Hall–Kier alpha value is -1.67. The summed E-state index contributed by atoms with van der Waals surface area (Å²) in [6.07, 6.45) is 0.797. The normalized spacial score (nSPS) is 10.5. The smallest absolute Gasteiger partial charge is 0.0709 e. The Labute approximate surface area is 89.4 Å². The van der Waals surface area contributed by atoms with Crippen molar-refractivity contribution in [1.29, 1.82) is 0 Å². The summed E-state index contributed by atoms with van der Waals surface area (Å²) in [5.74, 6) is 0. The summed E-state index contributed by atoms with van der Waals surface area (Å²) >= 11 is 0. The van der Waals surface area contributed by atoms with E-state index in [0.29, 0.717) is 6.54 Å². The first-order valence-electron chi connectivity index (χ1n) is 5.05. The second-order valence-corrected chi connectivity index (χ2v) is 3.53. The van der Waals surface area contributed by atoms with Gasteiger partial charge in [0.25, 0.3) is 0 Å². The molecule has 0 aliphatic rings. The van der Waals surface area contributed by atoms with E-state index in [4.69, 9.17) is 5.73 Å². The molecule has 1 aromatic carbocycles. The molecular formula is C13H14N2. The Kier molecular flexibility index (Phi) is 2.79. The average Bonchev–Trinajstić information content (AvgIpc) is 2.29. The van der Waals surface area contributed by atoms with Crippen molar-refractivity contribution >= 4 is 16.5 Å². The molecule has 2 nitrogen and oxygen atoms in total. The van der Waals surface area contributed by atoms with Crippen molar-refractivity contribution in [2.45, 2.75) is 6.42 Å². The van der Waals surface area contributed by atoms with Gasteiger partial charge in [-0.15, -0.1) is 0 Å². The third-order valence-corrected chi connectivity index (χ3v) is 2.41. The van der Waals surface area contributed by atoms with Crippen molar-refractivity contribution in [3.63, 3.8) is 0 Å². The van der Waals surface area contributed by atoms with E-state index in [-0.39, 0.29) is 0 Å². The number of hydrogen-bond acceptors (Lipinski definition) is 2. The van der Waals surface area contributed by atoms with E-state index in [1.54, 1.807) is 0 Å². The topological polar surface area (TPSA) is 38.9 Å². The Morgan fingerprint density at radius 1 is 1.20 bits per heavy atom. The van der Waals surface area contributed by atoms with Gasteiger partial charge in [0.2, 0.25) is 0 Å². The molecule has 0 unspecified atom stereocenters. The molecule has 2 aromatic rings. The third kappa shape index (κ3) is 2.05. The highest BCUT2D eigenvalue weighted by molar-refractivity contribution is 5.80. The molecule has 2 N–H and O–H groups in total. The van der Waals surface area contributed by atoms with Crippen molar-refractivity contribution in [3.05, 3.63) is 48.7 Å². The second-order valence-electron chi connectivity index (χ2n) is 3.53. The average molecular weight is 198 g/mol. The minimum atomic E-state index is 0.618. The van der Waals surface area contributed by atoms with E-state index in [9.17, 15) is 0 Å². The van der Waals surface area contributed by atoms with Crippen molar-refractivity contribution in [3.8, 4) is 0 Å². The maximum Gasteiger partial charge on any atom is 0.0709 e. The lowest BCUT2D eigenvalue weighted by atomic mass is 10.1. The quantitative estimate of drug-likeness (QED) is 0.823. The first kappa shape index (κ1) is 9.87. The molecular weight excluding hydrogens is 184 g/mol. The summed E-state index contributed by atoms with van der Waals surface area (Å²) in [6.45, 7) is 4.60. The predicted octanol–water partition coefficient (Wildman–Crippen LogP) is 2.60. The van der Waals surface area contributed by atoms with Gasteiger partial charge in [0.15, 0.2) is 0 Å². The highest BCUT2D eigenvalue weighted by Crippen LogP contribution is 2.17.